The molecular formula is C3H6INO2. The van der Waals surface area contributed by atoms with Crippen LogP contribution < -0.4 is 0 Å². The van der Waals surface area contributed by atoms with E-state index in [9.17, 15) is 4.79 Å². The number of carbonyl (C=O) groups is 1. The number of nitrogens with zero attached hydrogens (tertiary/aromatic N) is 1. The van der Waals surface area contributed by atoms with Gasteiger partial charge in [0.25, 0.3) is 0 Å². The fraction of sp³-hybridized carbons (Fsp3) is 0.667. The van der Waals surface area contributed by atoms with Crippen molar-refractivity contribution in [2.75, 3.05) is 14.1 Å². The molecule has 0 aromatic heterocycles. The number of rotatable bonds is 1. The van der Waals surface area contributed by atoms with Crippen LogP contribution in [-0.2, 0) is 4.84 Å². The summed E-state index contributed by atoms with van der Waals surface area (Å²) in [5.74, 6) is 0. The maximum atomic E-state index is 9.98. The third-order valence-electron chi connectivity index (χ3n) is 0.254. The molecule has 0 N–H and O–H groups in total. The second-order valence-electron chi connectivity index (χ2n) is 1.14. The number of hydrogen-bond donors (Lipinski definition) is 0. The van der Waals surface area contributed by atoms with Gasteiger partial charge in [-0.1, -0.05) is 0 Å². The molecule has 42 valence electrons. The summed E-state index contributed by atoms with van der Waals surface area (Å²) in [6, 6.07) is 0. The summed E-state index contributed by atoms with van der Waals surface area (Å²) >= 11 is 1.55. The SMILES string of the molecule is CN(C)OC(=O)I. The fourth-order valence-corrected chi connectivity index (χ4v) is 0.537. The minimum atomic E-state index is -0.317. The Morgan fingerprint density at radius 2 is 2.14 bits per heavy atom. The molecule has 0 aromatic carbocycles. The van der Waals surface area contributed by atoms with Crippen molar-refractivity contribution in [1.82, 2.24) is 5.06 Å². The molecule has 0 radical (unpaired) electrons. The third kappa shape index (κ3) is 6.16. The van der Waals surface area contributed by atoms with Crippen molar-refractivity contribution in [3.8, 4) is 0 Å². The van der Waals surface area contributed by atoms with Crippen LogP contribution in [0.1, 0.15) is 0 Å². The second-order valence-corrected chi connectivity index (χ2v) is 2.02. The molecule has 4 heteroatoms. The van der Waals surface area contributed by atoms with E-state index in [-0.39, 0.29) is 3.98 Å². The number of hydroxylamine groups is 2. The molecule has 7 heavy (non-hydrogen) atoms. The first-order chi connectivity index (χ1) is 3.13. The summed E-state index contributed by atoms with van der Waals surface area (Å²) in [7, 11) is 3.30. The standard InChI is InChI=1S/C3H6INO2/c1-5(2)7-3(4)6/h1-2H3. The zero-order chi connectivity index (χ0) is 5.86. The Balaban J connectivity index is 3.13. The lowest BCUT2D eigenvalue weighted by atomic mass is 11.2. The van der Waals surface area contributed by atoms with Gasteiger partial charge in [0.05, 0.1) is 22.6 Å². The average molecular weight is 215 g/mol. The summed E-state index contributed by atoms with van der Waals surface area (Å²) in [4.78, 5) is 14.4. The third-order valence-corrected chi connectivity index (χ3v) is 0.451. The van der Waals surface area contributed by atoms with E-state index in [1.54, 1.807) is 36.7 Å². The molecule has 0 aliphatic heterocycles. The van der Waals surface area contributed by atoms with Crippen molar-refractivity contribution < 1.29 is 9.63 Å². The molecule has 0 amide bonds. The van der Waals surface area contributed by atoms with E-state index in [1.807, 2.05) is 0 Å². The van der Waals surface area contributed by atoms with Crippen LogP contribution in [0, 0.1) is 0 Å². The summed E-state index contributed by atoms with van der Waals surface area (Å²) in [5.41, 5.74) is 0. The Labute approximate surface area is 55.7 Å². The lowest BCUT2D eigenvalue weighted by molar-refractivity contribution is -0.0378. The van der Waals surface area contributed by atoms with Crippen molar-refractivity contribution in [3.05, 3.63) is 0 Å². The monoisotopic (exact) mass is 215 g/mol. The molecule has 0 saturated heterocycles. The van der Waals surface area contributed by atoms with Crippen LogP contribution in [0.25, 0.3) is 0 Å². The van der Waals surface area contributed by atoms with Gasteiger partial charge in [-0.25, -0.2) is 4.79 Å². The Morgan fingerprint density at radius 3 is 2.14 bits per heavy atom. The number of hydrogen-bond acceptors (Lipinski definition) is 3. The fourth-order valence-electron chi connectivity index (χ4n) is 0.144. The van der Waals surface area contributed by atoms with Crippen molar-refractivity contribution in [2.45, 2.75) is 0 Å². The molecule has 3 nitrogen and oxygen atoms in total. The largest absolute Gasteiger partial charge is 0.385 e. The summed E-state index contributed by atoms with van der Waals surface area (Å²) in [6.45, 7) is 0. The lowest BCUT2D eigenvalue weighted by Gasteiger charge is -2.04. The van der Waals surface area contributed by atoms with Crippen molar-refractivity contribution in [3.63, 3.8) is 0 Å². The average Bonchev–Trinajstić information content (AvgIpc) is 1.27. The van der Waals surface area contributed by atoms with Crippen LogP contribution in [0.2, 0.25) is 0 Å². The Kier molecular flexibility index (Phi) is 3.27. The van der Waals surface area contributed by atoms with E-state index in [2.05, 4.69) is 4.84 Å². The molecule has 0 unspecified atom stereocenters. The molecule has 0 rings (SSSR count). The highest BCUT2D eigenvalue weighted by atomic mass is 127. The summed E-state index contributed by atoms with van der Waals surface area (Å²) in [5, 5.41) is 1.34. The van der Waals surface area contributed by atoms with E-state index in [4.69, 9.17) is 0 Å². The first-order valence-corrected chi connectivity index (χ1v) is 2.75. The molecule has 0 fully saturated rings. The maximum absolute atomic E-state index is 9.98. The molecule has 0 spiro atoms. The van der Waals surface area contributed by atoms with E-state index in [0.717, 1.165) is 0 Å². The van der Waals surface area contributed by atoms with Crippen molar-refractivity contribution >= 4 is 26.6 Å². The van der Waals surface area contributed by atoms with E-state index < -0.39 is 0 Å². The quantitative estimate of drug-likeness (QED) is 0.371. The van der Waals surface area contributed by atoms with Gasteiger partial charge in [0.2, 0.25) is 0 Å². The molecule has 0 heterocycles. The highest BCUT2D eigenvalue weighted by molar-refractivity contribution is 14.1. The zero-order valence-electron chi connectivity index (χ0n) is 4.14. The van der Waals surface area contributed by atoms with Gasteiger partial charge in [-0.15, -0.1) is 5.06 Å². The molecular weight excluding hydrogens is 209 g/mol. The minimum Gasteiger partial charge on any atom is -0.360 e. The van der Waals surface area contributed by atoms with Gasteiger partial charge in [0.15, 0.2) is 0 Å². The van der Waals surface area contributed by atoms with Crippen LogP contribution in [-0.4, -0.2) is 23.1 Å². The second kappa shape index (κ2) is 3.20. The Hall–Kier alpha value is 0.160. The molecule has 0 aliphatic rings. The first-order valence-electron chi connectivity index (χ1n) is 1.67. The predicted octanol–water partition coefficient (Wildman–Crippen LogP) is 1.03. The molecule has 0 aromatic rings. The van der Waals surface area contributed by atoms with Gasteiger partial charge >= 0.3 is 3.98 Å². The van der Waals surface area contributed by atoms with Gasteiger partial charge in [-0.2, -0.15) is 0 Å². The van der Waals surface area contributed by atoms with Crippen LogP contribution in [0.3, 0.4) is 0 Å². The van der Waals surface area contributed by atoms with E-state index >= 15 is 0 Å². The molecule has 0 bridgehead atoms. The maximum Gasteiger partial charge on any atom is 0.385 e. The van der Waals surface area contributed by atoms with Crippen LogP contribution in [0.4, 0.5) is 4.79 Å². The molecule has 0 saturated carbocycles. The number of halogens is 1. The summed E-state index contributed by atoms with van der Waals surface area (Å²) < 4.78 is -0.317. The predicted molar refractivity (Wildman–Crippen MR) is 34.2 cm³/mol. The van der Waals surface area contributed by atoms with Gasteiger partial charge in [0, 0.05) is 14.1 Å². The van der Waals surface area contributed by atoms with Crippen LogP contribution >= 0.6 is 22.6 Å². The first kappa shape index (κ1) is 7.16. The summed E-state index contributed by atoms with van der Waals surface area (Å²) in [6.07, 6.45) is 0. The normalized spacial score (nSPS) is 9.14. The van der Waals surface area contributed by atoms with Crippen molar-refractivity contribution in [2.24, 2.45) is 0 Å². The zero-order valence-corrected chi connectivity index (χ0v) is 6.30. The van der Waals surface area contributed by atoms with Crippen LogP contribution in [0.5, 0.6) is 0 Å². The number of carbonyl (C=O) groups excluding carboxylic acids is 1. The van der Waals surface area contributed by atoms with Gasteiger partial charge < -0.3 is 4.84 Å². The highest BCUT2D eigenvalue weighted by Gasteiger charge is 1.93. The van der Waals surface area contributed by atoms with E-state index in [1.165, 1.54) is 5.06 Å². The topological polar surface area (TPSA) is 29.5 Å². The Bertz CT molecular complexity index is 73.3. The van der Waals surface area contributed by atoms with Crippen LogP contribution in [0.15, 0.2) is 0 Å². The Morgan fingerprint density at radius 1 is 1.71 bits per heavy atom. The smallest absolute Gasteiger partial charge is 0.360 e. The minimum absolute atomic E-state index is 0.317. The van der Waals surface area contributed by atoms with Gasteiger partial charge in [-0.3, -0.25) is 0 Å². The van der Waals surface area contributed by atoms with Gasteiger partial charge in [-0.05, 0) is 0 Å². The molecule has 0 aliphatic carbocycles. The molecule has 0 atom stereocenters. The van der Waals surface area contributed by atoms with E-state index in [0.29, 0.717) is 0 Å². The highest BCUT2D eigenvalue weighted by Crippen LogP contribution is 1.91. The van der Waals surface area contributed by atoms with Crippen molar-refractivity contribution in [1.29, 1.82) is 0 Å². The lowest BCUT2D eigenvalue weighted by Crippen LogP contribution is -2.13. The van der Waals surface area contributed by atoms with Gasteiger partial charge in [0.1, 0.15) is 0 Å².